The van der Waals surface area contributed by atoms with Crippen LogP contribution in [0, 0.1) is 6.92 Å². The van der Waals surface area contributed by atoms with Gasteiger partial charge in [-0.2, -0.15) is 0 Å². The molecule has 0 fully saturated rings. The average Bonchev–Trinajstić information content (AvgIpc) is 3.31. The normalized spacial score (nSPS) is 11.8. The number of thiazole rings is 1. The standard InChI is InChI=1S/C21H23N3O4S/c1-14-18(8-9-28-14)20(26)24-21-23-17(13-29-21)11-19(25)22-16(12-27-2)10-15-6-4-3-5-7-15/h3-9,13,16H,10-12H2,1-2H3,(H,22,25)(H,23,24,26)/t16-/m1/s1. The molecule has 3 aromatic rings. The van der Waals surface area contributed by atoms with Gasteiger partial charge in [0.25, 0.3) is 5.91 Å². The Labute approximate surface area is 173 Å². The second kappa shape index (κ2) is 9.99. The van der Waals surface area contributed by atoms with Gasteiger partial charge < -0.3 is 14.5 Å². The number of aryl methyl sites for hydroxylation is 1. The third-order valence-electron chi connectivity index (χ3n) is 4.28. The minimum absolute atomic E-state index is 0.128. The first-order valence-corrected chi connectivity index (χ1v) is 10.0. The van der Waals surface area contributed by atoms with Gasteiger partial charge in [0.1, 0.15) is 5.76 Å². The molecule has 0 unspecified atom stereocenters. The molecule has 2 N–H and O–H groups in total. The summed E-state index contributed by atoms with van der Waals surface area (Å²) in [4.78, 5) is 29.0. The Kier molecular flexibility index (Phi) is 7.15. The SMILES string of the molecule is COC[C@@H](Cc1ccccc1)NC(=O)Cc1csc(NC(=O)c2ccoc2C)n1. The van der Waals surface area contributed by atoms with Gasteiger partial charge >= 0.3 is 0 Å². The summed E-state index contributed by atoms with van der Waals surface area (Å²) in [6, 6.07) is 11.4. The minimum atomic E-state index is -0.287. The number of hydrogen-bond donors (Lipinski definition) is 2. The minimum Gasteiger partial charge on any atom is -0.469 e. The highest BCUT2D eigenvalue weighted by molar-refractivity contribution is 7.14. The summed E-state index contributed by atoms with van der Waals surface area (Å²) >= 11 is 1.28. The van der Waals surface area contributed by atoms with Crippen LogP contribution in [0.5, 0.6) is 0 Å². The summed E-state index contributed by atoms with van der Waals surface area (Å²) < 4.78 is 10.4. The Bertz CT molecular complexity index is 952. The van der Waals surface area contributed by atoms with E-state index in [0.29, 0.717) is 35.2 Å². The molecular formula is C21H23N3O4S. The van der Waals surface area contributed by atoms with Crippen molar-refractivity contribution in [1.82, 2.24) is 10.3 Å². The zero-order valence-electron chi connectivity index (χ0n) is 16.3. The highest BCUT2D eigenvalue weighted by Crippen LogP contribution is 2.18. The topological polar surface area (TPSA) is 93.5 Å². The van der Waals surface area contributed by atoms with Crippen LogP contribution >= 0.6 is 11.3 Å². The molecule has 0 aliphatic heterocycles. The molecule has 0 saturated carbocycles. The Hall–Kier alpha value is -2.97. The molecule has 29 heavy (non-hydrogen) atoms. The molecule has 0 radical (unpaired) electrons. The number of nitrogens with one attached hydrogen (secondary N) is 2. The van der Waals surface area contributed by atoms with Gasteiger partial charge in [0.05, 0.1) is 36.6 Å². The van der Waals surface area contributed by atoms with E-state index in [1.54, 1.807) is 25.5 Å². The van der Waals surface area contributed by atoms with Crippen LogP contribution in [-0.4, -0.2) is 36.6 Å². The van der Waals surface area contributed by atoms with Crippen molar-refractivity contribution >= 4 is 28.3 Å². The summed E-state index contributed by atoms with van der Waals surface area (Å²) in [6.45, 7) is 2.14. The van der Waals surface area contributed by atoms with Crippen molar-refractivity contribution in [2.45, 2.75) is 25.8 Å². The number of anilines is 1. The first-order chi connectivity index (χ1) is 14.0. The molecule has 0 aliphatic carbocycles. The molecule has 0 spiro atoms. The number of hydrogen-bond acceptors (Lipinski definition) is 6. The molecule has 0 aliphatic rings. The van der Waals surface area contributed by atoms with Crippen LogP contribution in [-0.2, 0) is 22.4 Å². The maximum absolute atomic E-state index is 12.4. The van der Waals surface area contributed by atoms with Crippen molar-refractivity contribution in [3.63, 3.8) is 0 Å². The molecule has 7 nitrogen and oxygen atoms in total. The average molecular weight is 413 g/mol. The molecular weight excluding hydrogens is 390 g/mol. The number of benzene rings is 1. The summed E-state index contributed by atoms with van der Waals surface area (Å²) in [5.41, 5.74) is 2.19. The van der Waals surface area contributed by atoms with Gasteiger partial charge in [-0.05, 0) is 25.0 Å². The smallest absolute Gasteiger partial charge is 0.260 e. The van der Waals surface area contributed by atoms with Gasteiger partial charge in [-0.3, -0.25) is 14.9 Å². The lowest BCUT2D eigenvalue weighted by Gasteiger charge is -2.18. The monoisotopic (exact) mass is 413 g/mol. The highest BCUT2D eigenvalue weighted by Gasteiger charge is 2.16. The number of methoxy groups -OCH3 is 1. The van der Waals surface area contributed by atoms with Crippen LogP contribution in [0.25, 0.3) is 0 Å². The zero-order valence-corrected chi connectivity index (χ0v) is 17.1. The number of ether oxygens (including phenoxy) is 1. The van der Waals surface area contributed by atoms with Crippen LogP contribution < -0.4 is 10.6 Å². The molecule has 3 rings (SSSR count). The third-order valence-corrected chi connectivity index (χ3v) is 5.08. The number of carbonyl (C=O) groups excluding carboxylic acids is 2. The van der Waals surface area contributed by atoms with E-state index in [4.69, 9.17) is 9.15 Å². The van der Waals surface area contributed by atoms with Crippen LogP contribution in [0.15, 0.2) is 52.5 Å². The van der Waals surface area contributed by atoms with Crippen molar-refractivity contribution in [3.05, 3.63) is 70.6 Å². The van der Waals surface area contributed by atoms with Crippen LogP contribution in [0.4, 0.5) is 5.13 Å². The van der Waals surface area contributed by atoms with E-state index in [0.717, 1.165) is 5.56 Å². The van der Waals surface area contributed by atoms with E-state index < -0.39 is 0 Å². The number of carbonyl (C=O) groups is 2. The van der Waals surface area contributed by atoms with Crippen molar-refractivity contribution in [1.29, 1.82) is 0 Å². The molecule has 152 valence electrons. The Morgan fingerprint density at radius 3 is 2.72 bits per heavy atom. The van der Waals surface area contributed by atoms with Gasteiger partial charge in [-0.25, -0.2) is 4.98 Å². The van der Waals surface area contributed by atoms with Crippen LogP contribution in [0.2, 0.25) is 0 Å². The zero-order chi connectivity index (χ0) is 20.6. The predicted octanol–water partition coefficient (Wildman–Crippen LogP) is 3.21. The number of aromatic nitrogens is 1. The number of rotatable bonds is 9. The third kappa shape index (κ3) is 6.00. The Morgan fingerprint density at radius 2 is 2.03 bits per heavy atom. The lowest BCUT2D eigenvalue weighted by molar-refractivity contribution is -0.121. The number of nitrogens with zero attached hydrogens (tertiary/aromatic N) is 1. The number of amides is 2. The van der Waals surface area contributed by atoms with Crippen LogP contribution in [0.1, 0.15) is 27.4 Å². The summed E-state index contributed by atoms with van der Waals surface area (Å²) in [7, 11) is 1.61. The van der Waals surface area contributed by atoms with E-state index in [9.17, 15) is 9.59 Å². The van der Waals surface area contributed by atoms with E-state index in [-0.39, 0.29) is 24.3 Å². The Balaban J connectivity index is 1.54. The van der Waals surface area contributed by atoms with Crippen molar-refractivity contribution < 1.29 is 18.7 Å². The Morgan fingerprint density at radius 1 is 1.24 bits per heavy atom. The predicted molar refractivity (Wildman–Crippen MR) is 111 cm³/mol. The highest BCUT2D eigenvalue weighted by atomic mass is 32.1. The fourth-order valence-electron chi connectivity index (χ4n) is 2.93. The lowest BCUT2D eigenvalue weighted by Crippen LogP contribution is -2.40. The molecule has 0 bridgehead atoms. The van der Waals surface area contributed by atoms with E-state index >= 15 is 0 Å². The fourth-order valence-corrected chi connectivity index (χ4v) is 3.63. The largest absolute Gasteiger partial charge is 0.469 e. The summed E-state index contributed by atoms with van der Waals surface area (Å²) in [5.74, 6) is 0.114. The summed E-state index contributed by atoms with van der Waals surface area (Å²) in [6.07, 6.45) is 2.28. The fraction of sp³-hybridized carbons (Fsp3) is 0.286. The van der Waals surface area contributed by atoms with Crippen LogP contribution in [0.3, 0.4) is 0 Å². The summed E-state index contributed by atoms with van der Waals surface area (Å²) in [5, 5.41) is 7.93. The molecule has 1 aromatic carbocycles. The van der Waals surface area contributed by atoms with Gasteiger partial charge in [-0.15, -0.1) is 11.3 Å². The van der Waals surface area contributed by atoms with E-state index in [1.807, 2.05) is 30.3 Å². The molecule has 0 saturated heterocycles. The molecule has 8 heteroatoms. The van der Waals surface area contributed by atoms with Crippen molar-refractivity contribution in [2.24, 2.45) is 0 Å². The molecule has 1 atom stereocenters. The first kappa shape index (κ1) is 20.8. The van der Waals surface area contributed by atoms with Crippen molar-refractivity contribution in [2.75, 3.05) is 19.0 Å². The second-order valence-electron chi connectivity index (χ2n) is 6.57. The van der Waals surface area contributed by atoms with Gasteiger partial charge in [0, 0.05) is 12.5 Å². The van der Waals surface area contributed by atoms with E-state index in [1.165, 1.54) is 17.6 Å². The maximum atomic E-state index is 12.4. The molecule has 2 aromatic heterocycles. The van der Waals surface area contributed by atoms with Crippen molar-refractivity contribution in [3.8, 4) is 0 Å². The van der Waals surface area contributed by atoms with Gasteiger partial charge in [0.2, 0.25) is 5.91 Å². The second-order valence-corrected chi connectivity index (χ2v) is 7.43. The van der Waals surface area contributed by atoms with Gasteiger partial charge in [0.15, 0.2) is 5.13 Å². The first-order valence-electron chi connectivity index (χ1n) is 9.17. The molecule has 2 heterocycles. The maximum Gasteiger partial charge on any atom is 0.260 e. The van der Waals surface area contributed by atoms with Gasteiger partial charge in [-0.1, -0.05) is 30.3 Å². The lowest BCUT2D eigenvalue weighted by atomic mass is 10.1. The quantitative estimate of drug-likeness (QED) is 0.562. The molecule has 2 amide bonds. The van der Waals surface area contributed by atoms with E-state index in [2.05, 4.69) is 15.6 Å². The number of furan rings is 1.